The first-order chi connectivity index (χ1) is 13.4. The van der Waals surface area contributed by atoms with Crippen molar-refractivity contribution in [2.75, 3.05) is 11.1 Å². The number of pyridine rings is 1. The molecule has 0 fully saturated rings. The van der Waals surface area contributed by atoms with Gasteiger partial charge in [0.1, 0.15) is 11.5 Å². The Bertz CT molecular complexity index is 1000. The van der Waals surface area contributed by atoms with Crippen molar-refractivity contribution in [2.24, 2.45) is 16.6 Å². The zero-order chi connectivity index (χ0) is 19.9. The van der Waals surface area contributed by atoms with Crippen LogP contribution in [0.15, 0.2) is 52.5 Å². The minimum Gasteiger partial charge on any atom is -0.397 e. The summed E-state index contributed by atoms with van der Waals surface area (Å²) in [5.74, 6) is -0.698. The summed E-state index contributed by atoms with van der Waals surface area (Å²) in [6.45, 7) is 1.90. The van der Waals surface area contributed by atoms with Crippen molar-refractivity contribution < 1.29 is 9.18 Å². The molecular formula is C20H20FN5OS. The van der Waals surface area contributed by atoms with Gasteiger partial charge >= 0.3 is 0 Å². The van der Waals surface area contributed by atoms with E-state index in [9.17, 15) is 9.18 Å². The summed E-state index contributed by atoms with van der Waals surface area (Å²) in [5.41, 5.74) is 12.4. The van der Waals surface area contributed by atoms with Crippen molar-refractivity contribution in [3.63, 3.8) is 0 Å². The standard InChI is InChI=1S/C20H20FN5OS/c1-20(13-3-2-4-17(13)28-19(23)26-20)14-9-12(6-7-15(14)21)25-18(27)16-8-5-11(22)10-24-16/h4-10,13H,2-3,22H2,1H3,(H2,23,26)(H,25,27)/t13?,20-/m0/s1. The van der Waals surface area contributed by atoms with Gasteiger partial charge in [0.2, 0.25) is 0 Å². The summed E-state index contributed by atoms with van der Waals surface area (Å²) in [6.07, 6.45) is 5.37. The van der Waals surface area contributed by atoms with Crippen LogP contribution in [0, 0.1) is 11.7 Å². The number of hydrogen-bond acceptors (Lipinski definition) is 6. The minimum absolute atomic E-state index is 0.0732. The van der Waals surface area contributed by atoms with Crippen LogP contribution in [0.4, 0.5) is 15.8 Å². The number of fused-ring (bicyclic) bond motifs is 1. The van der Waals surface area contributed by atoms with Crippen molar-refractivity contribution in [3.8, 4) is 0 Å². The van der Waals surface area contributed by atoms with E-state index in [1.165, 1.54) is 36.2 Å². The fourth-order valence-corrected chi connectivity index (χ4v) is 4.94. The molecule has 5 N–H and O–H groups in total. The zero-order valence-electron chi connectivity index (χ0n) is 15.3. The molecule has 1 aromatic heterocycles. The third-order valence-electron chi connectivity index (χ3n) is 5.18. The summed E-state index contributed by atoms with van der Waals surface area (Å²) in [4.78, 5) is 22.2. The van der Waals surface area contributed by atoms with Gasteiger partial charge in [-0.05, 0) is 55.0 Å². The second-order valence-electron chi connectivity index (χ2n) is 7.06. The Morgan fingerprint density at radius 1 is 1.32 bits per heavy atom. The van der Waals surface area contributed by atoms with E-state index in [-0.39, 0.29) is 17.4 Å². The number of aromatic nitrogens is 1. The number of thioether (sulfide) groups is 1. The number of carbonyl (C=O) groups excluding carboxylic acids is 1. The number of allylic oxidation sites excluding steroid dienone is 1. The van der Waals surface area contributed by atoms with Crippen LogP contribution in [-0.2, 0) is 5.54 Å². The first kappa shape index (κ1) is 18.5. The Kier molecular flexibility index (Phi) is 4.58. The number of anilines is 2. The molecule has 8 heteroatoms. The van der Waals surface area contributed by atoms with Crippen LogP contribution in [0.1, 0.15) is 35.8 Å². The number of nitrogen functional groups attached to an aromatic ring is 1. The fraction of sp³-hybridized carbons (Fsp3) is 0.250. The van der Waals surface area contributed by atoms with Crippen LogP contribution in [-0.4, -0.2) is 16.1 Å². The second kappa shape index (κ2) is 6.94. The van der Waals surface area contributed by atoms with Gasteiger partial charge in [-0.1, -0.05) is 17.8 Å². The third kappa shape index (κ3) is 3.24. The van der Waals surface area contributed by atoms with E-state index in [4.69, 9.17) is 11.5 Å². The largest absolute Gasteiger partial charge is 0.397 e. The average Bonchev–Trinajstić information content (AvgIpc) is 3.13. The van der Waals surface area contributed by atoms with Gasteiger partial charge in [-0.15, -0.1) is 0 Å². The Hall–Kier alpha value is -2.87. The highest BCUT2D eigenvalue weighted by Crippen LogP contribution is 2.51. The van der Waals surface area contributed by atoms with Crippen molar-refractivity contribution in [1.82, 2.24) is 4.98 Å². The summed E-state index contributed by atoms with van der Waals surface area (Å²) in [7, 11) is 0. The number of hydrogen-bond donors (Lipinski definition) is 3. The molecule has 2 atom stereocenters. The Labute approximate surface area is 166 Å². The molecule has 2 aromatic rings. The molecule has 0 spiro atoms. The second-order valence-corrected chi connectivity index (χ2v) is 8.16. The molecule has 1 amide bonds. The predicted octanol–water partition coefficient (Wildman–Crippen LogP) is 3.63. The number of nitrogens with zero attached hydrogens (tertiary/aromatic N) is 2. The van der Waals surface area contributed by atoms with Crippen molar-refractivity contribution in [3.05, 3.63) is 64.6 Å². The van der Waals surface area contributed by atoms with Crippen molar-refractivity contribution in [2.45, 2.75) is 25.3 Å². The highest BCUT2D eigenvalue weighted by atomic mass is 32.2. The average molecular weight is 397 g/mol. The van der Waals surface area contributed by atoms with Crippen LogP contribution in [0.2, 0.25) is 0 Å². The van der Waals surface area contributed by atoms with Crippen LogP contribution in [0.3, 0.4) is 0 Å². The number of nitrogens with one attached hydrogen (secondary N) is 1. The Balaban J connectivity index is 1.67. The van der Waals surface area contributed by atoms with Gasteiger partial charge in [0, 0.05) is 17.2 Å². The molecule has 1 unspecified atom stereocenters. The van der Waals surface area contributed by atoms with E-state index < -0.39 is 11.4 Å². The monoisotopic (exact) mass is 397 g/mol. The molecule has 28 heavy (non-hydrogen) atoms. The molecule has 0 radical (unpaired) electrons. The topological polar surface area (TPSA) is 106 Å². The molecule has 6 nitrogen and oxygen atoms in total. The molecule has 144 valence electrons. The SMILES string of the molecule is C[C@]1(c2cc(NC(=O)c3ccc(N)cn3)ccc2F)N=C(N)SC2=CCCC21. The number of amides is 1. The maximum Gasteiger partial charge on any atom is 0.274 e. The number of nitrogens with two attached hydrogens (primary N) is 2. The maximum absolute atomic E-state index is 14.8. The van der Waals surface area contributed by atoms with E-state index in [2.05, 4.69) is 21.4 Å². The van der Waals surface area contributed by atoms with Crippen LogP contribution in [0.5, 0.6) is 0 Å². The summed E-state index contributed by atoms with van der Waals surface area (Å²) >= 11 is 1.45. The van der Waals surface area contributed by atoms with Crippen LogP contribution < -0.4 is 16.8 Å². The molecule has 0 saturated heterocycles. The molecule has 0 bridgehead atoms. The van der Waals surface area contributed by atoms with Gasteiger partial charge in [-0.2, -0.15) is 0 Å². The van der Waals surface area contributed by atoms with Gasteiger partial charge in [-0.25, -0.2) is 9.37 Å². The van der Waals surface area contributed by atoms with Gasteiger partial charge < -0.3 is 16.8 Å². The van der Waals surface area contributed by atoms with Crippen molar-refractivity contribution in [1.29, 1.82) is 0 Å². The van der Waals surface area contributed by atoms with E-state index in [0.29, 0.717) is 22.1 Å². The Morgan fingerprint density at radius 2 is 2.14 bits per heavy atom. The lowest BCUT2D eigenvalue weighted by atomic mass is 9.79. The van der Waals surface area contributed by atoms with Gasteiger partial charge in [0.25, 0.3) is 5.91 Å². The molecule has 1 aliphatic carbocycles. The van der Waals surface area contributed by atoms with E-state index in [0.717, 1.165) is 17.7 Å². The Morgan fingerprint density at radius 3 is 2.89 bits per heavy atom. The highest BCUT2D eigenvalue weighted by molar-refractivity contribution is 8.17. The third-order valence-corrected chi connectivity index (χ3v) is 6.16. The lowest BCUT2D eigenvalue weighted by molar-refractivity contribution is 0.102. The van der Waals surface area contributed by atoms with Gasteiger partial charge in [0.05, 0.1) is 17.4 Å². The predicted molar refractivity (Wildman–Crippen MR) is 110 cm³/mol. The fourth-order valence-electron chi connectivity index (χ4n) is 3.77. The molecular weight excluding hydrogens is 377 g/mol. The molecule has 2 heterocycles. The number of benzene rings is 1. The van der Waals surface area contributed by atoms with Crippen LogP contribution in [0.25, 0.3) is 0 Å². The quantitative estimate of drug-likeness (QED) is 0.733. The number of aliphatic imine (C=N–C) groups is 1. The number of amidine groups is 1. The zero-order valence-corrected chi connectivity index (χ0v) is 16.1. The summed E-state index contributed by atoms with van der Waals surface area (Å²) in [6, 6.07) is 7.64. The van der Waals surface area contributed by atoms with Crippen molar-refractivity contribution >= 4 is 34.2 Å². The molecule has 4 rings (SSSR count). The normalized spacial score (nSPS) is 23.6. The number of carbonyl (C=O) groups is 1. The molecule has 1 aliphatic heterocycles. The summed E-state index contributed by atoms with van der Waals surface area (Å²) < 4.78 is 14.8. The highest BCUT2D eigenvalue weighted by Gasteiger charge is 2.44. The van der Waals surface area contributed by atoms with E-state index in [1.807, 2.05) is 6.92 Å². The van der Waals surface area contributed by atoms with Gasteiger partial charge in [-0.3, -0.25) is 9.79 Å². The minimum atomic E-state index is -0.818. The van der Waals surface area contributed by atoms with Crippen LogP contribution >= 0.6 is 11.8 Å². The number of rotatable bonds is 3. The van der Waals surface area contributed by atoms with E-state index in [1.54, 1.807) is 12.1 Å². The smallest absolute Gasteiger partial charge is 0.274 e. The van der Waals surface area contributed by atoms with E-state index >= 15 is 0 Å². The molecule has 2 aliphatic rings. The van der Waals surface area contributed by atoms with Gasteiger partial charge in [0.15, 0.2) is 5.17 Å². The lowest BCUT2D eigenvalue weighted by Crippen LogP contribution is -2.36. The summed E-state index contributed by atoms with van der Waals surface area (Å²) in [5, 5.41) is 3.19. The first-order valence-electron chi connectivity index (χ1n) is 8.93. The maximum atomic E-state index is 14.8. The first-order valence-corrected chi connectivity index (χ1v) is 9.74. The number of halogens is 1. The molecule has 1 aromatic carbocycles. The molecule has 0 saturated carbocycles. The lowest BCUT2D eigenvalue weighted by Gasteiger charge is -2.37.